The van der Waals surface area contributed by atoms with Gasteiger partial charge in [-0.25, -0.2) is 13.8 Å². The maximum absolute atomic E-state index is 13.5. The summed E-state index contributed by atoms with van der Waals surface area (Å²) in [5.41, 5.74) is 0.694. The largest absolute Gasteiger partial charge is 0.364 e. The first-order valence-corrected chi connectivity index (χ1v) is 6.63. The summed E-state index contributed by atoms with van der Waals surface area (Å²) < 4.78 is 27.9. The van der Waals surface area contributed by atoms with Gasteiger partial charge in [0.05, 0.1) is 0 Å². The monoisotopic (exact) mass is 376 g/mol. The minimum Gasteiger partial charge on any atom is -0.364 e. The van der Waals surface area contributed by atoms with Gasteiger partial charge in [0.15, 0.2) is 11.6 Å². The van der Waals surface area contributed by atoms with E-state index in [1.165, 1.54) is 24.4 Å². The summed E-state index contributed by atoms with van der Waals surface area (Å²) in [4.78, 5) is 3.90. The van der Waals surface area contributed by atoms with Crippen LogP contribution in [0.1, 0.15) is 5.56 Å². The molecule has 0 aliphatic carbocycles. The van der Waals surface area contributed by atoms with Crippen molar-refractivity contribution in [2.45, 2.75) is 6.54 Å². The predicted molar refractivity (Wildman–Crippen MR) is 73.3 cm³/mol. The van der Waals surface area contributed by atoms with Gasteiger partial charge in [-0.2, -0.15) is 0 Å². The third-order valence-electron chi connectivity index (χ3n) is 2.26. The fourth-order valence-corrected chi connectivity index (χ4v) is 2.09. The first kappa shape index (κ1) is 13.4. The average molecular weight is 378 g/mol. The van der Waals surface area contributed by atoms with Crippen LogP contribution in [0.25, 0.3) is 0 Å². The summed E-state index contributed by atoms with van der Waals surface area (Å²) in [6, 6.07) is 5.66. The molecule has 1 aromatic heterocycles. The molecule has 0 aliphatic rings. The minimum absolute atomic E-state index is 0.134. The number of aromatic nitrogens is 1. The molecule has 1 heterocycles. The first-order valence-electron chi connectivity index (χ1n) is 5.05. The van der Waals surface area contributed by atoms with Gasteiger partial charge >= 0.3 is 0 Å². The lowest BCUT2D eigenvalue weighted by molar-refractivity contribution is 0.621. The highest BCUT2D eigenvalue weighted by Gasteiger charge is 2.06. The fraction of sp³-hybridized carbons (Fsp3) is 0.0833. The maximum Gasteiger partial charge on any atom is 0.166 e. The van der Waals surface area contributed by atoms with Gasteiger partial charge < -0.3 is 5.32 Å². The summed E-state index contributed by atoms with van der Waals surface area (Å²) in [5.74, 6) is -0.662. The van der Waals surface area contributed by atoms with E-state index in [9.17, 15) is 8.78 Å². The van der Waals surface area contributed by atoms with Gasteiger partial charge in [0, 0.05) is 21.7 Å². The highest BCUT2D eigenvalue weighted by molar-refractivity contribution is 9.10. The second kappa shape index (κ2) is 5.75. The molecule has 2 rings (SSSR count). The Morgan fingerprint density at radius 1 is 1.17 bits per heavy atom. The van der Waals surface area contributed by atoms with Crippen molar-refractivity contribution in [2.75, 3.05) is 5.32 Å². The number of benzene rings is 1. The molecule has 0 spiro atoms. The van der Waals surface area contributed by atoms with Crippen LogP contribution in [0.15, 0.2) is 39.4 Å². The second-order valence-electron chi connectivity index (χ2n) is 3.57. The van der Waals surface area contributed by atoms with Gasteiger partial charge in [0.2, 0.25) is 0 Å². The zero-order chi connectivity index (χ0) is 13.1. The van der Waals surface area contributed by atoms with Crippen LogP contribution in [-0.2, 0) is 6.54 Å². The molecule has 6 heteroatoms. The summed E-state index contributed by atoms with van der Waals surface area (Å²) in [6.07, 6.45) is 1.49. The molecule has 0 aliphatic heterocycles. The highest BCUT2D eigenvalue weighted by Crippen LogP contribution is 2.20. The van der Waals surface area contributed by atoms with E-state index in [1.54, 1.807) is 6.07 Å². The van der Waals surface area contributed by atoms with Gasteiger partial charge in [0.1, 0.15) is 5.82 Å². The number of halogens is 4. The topological polar surface area (TPSA) is 24.9 Å². The van der Waals surface area contributed by atoms with Crippen LogP contribution in [0.4, 0.5) is 14.6 Å². The second-order valence-corrected chi connectivity index (χ2v) is 5.34. The summed E-state index contributed by atoms with van der Waals surface area (Å²) >= 11 is 6.43. The Bertz CT molecular complexity index is 576. The molecule has 1 aromatic carbocycles. The first-order chi connectivity index (χ1) is 8.56. The summed E-state index contributed by atoms with van der Waals surface area (Å²) in [6.45, 7) is 0.282. The zero-order valence-corrected chi connectivity index (χ0v) is 12.2. The number of rotatable bonds is 3. The van der Waals surface area contributed by atoms with E-state index in [1.807, 2.05) is 0 Å². The molecular formula is C12H8Br2F2N2. The molecule has 0 saturated heterocycles. The quantitative estimate of drug-likeness (QED) is 0.851. The third kappa shape index (κ3) is 3.26. The van der Waals surface area contributed by atoms with Crippen molar-refractivity contribution in [3.8, 4) is 0 Å². The van der Waals surface area contributed by atoms with Gasteiger partial charge in [-0.15, -0.1) is 0 Å². The molecule has 0 atom stereocenters. The standard InChI is InChI=1S/C12H8Br2F2N2/c13-8-4-11(16)12(18-6-8)17-5-7-3-9(15)1-2-10(7)14/h1-4,6H,5H2,(H,17,18). The molecule has 0 unspecified atom stereocenters. The van der Waals surface area contributed by atoms with E-state index >= 15 is 0 Å². The molecule has 0 fully saturated rings. The summed E-state index contributed by atoms with van der Waals surface area (Å²) in [5, 5.41) is 2.82. The summed E-state index contributed by atoms with van der Waals surface area (Å²) in [7, 11) is 0. The van der Waals surface area contributed by atoms with Crippen molar-refractivity contribution in [1.82, 2.24) is 4.98 Å². The molecule has 2 aromatic rings. The highest BCUT2D eigenvalue weighted by atomic mass is 79.9. The van der Waals surface area contributed by atoms with Crippen LogP contribution in [-0.4, -0.2) is 4.98 Å². The molecule has 0 saturated carbocycles. The van der Waals surface area contributed by atoms with Crippen LogP contribution < -0.4 is 5.32 Å². The molecule has 18 heavy (non-hydrogen) atoms. The lowest BCUT2D eigenvalue weighted by Crippen LogP contribution is -2.04. The predicted octanol–water partition coefficient (Wildman–Crippen LogP) is 4.50. The maximum atomic E-state index is 13.5. The van der Waals surface area contributed by atoms with Crippen LogP contribution >= 0.6 is 31.9 Å². The minimum atomic E-state index is -0.461. The molecule has 94 valence electrons. The Morgan fingerprint density at radius 3 is 2.67 bits per heavy atom. The van der Waals surface area contributed by atoms with Crippen molar-refractivity contribution in [3.05, 3.63) is 56.6 Å². The molecule has 0 amide bonds. The molecular weight excluding hydrogens is 370 g/mol. The van der Waals surface area contributed by atoms with Crippen molar-refractivity contribution in [3.63, 3.8) is 0 Å². The smallest absolute Gasteiger partial charge is 0.166 e. The zero-order valence-electron chi connectivity index (χ0n) is 9.05. The normalized spacial score (nSPS) is 10.4. The lowest BCUT2D eigenvalue weighted by Gasteiger charge is -2.08. The lowest BCUT2D eigenvalue weighted by atomic mass is 10.2. The number of anilines is 1. The fourth-order valence-electron chi connectivity index (χ4n) is 1.40. The molecule has 2 nitrogen and oxygen atoms in total. The van der Waals surface area contributed by atoms with Gasteiger partial charge in [0.25, 0.3) is 0 Å². The SMILES string of the molecule is Fc1ccc(Br)c(CNc2ncc(Br)cc2F)c1. The number of nitrogens with one attached hydrogen (secondary N) is 1. The van der Waals surface area contributed by atoms with Gasteiger partial charge in [-0.05, 0) is 45.8 Å². The third-order valence-corrected chi connectivity index (χ3v) is 3.47. The van der Waals surface area contributed by atoms with Gasteiger partial charge in [-0.1, -0.05) is 15.9 Å². The molecule has 0 bridgehead atoms. The van der Waals surface area contributed by atoms with Gasteiger partial charge in [-0.3, -0.25) is 0 Å². The van der Waals surface area contributed by atoms with Crippen LogP contribution in [0.3, 0.4) is 0 Å². The Balaban J connectivity index is 2.13. The van der Waals surface area contributed by atoms with Crippen molar-refractivity contribution in [1.29, 1.82) is 0 Å². The number of hydrogen-bond donors (Lipinski definition) is 1. The van der Waals surface area contributed by atoms with E-state index in [0.717, 1.165) is 4.47 Å². The Hall–Kier alpha value is -1.01. The van der Waals surface area contributed by atoms with E-state index in [2.05, 4.69) is 42.2 Å². The van der Waals surface area contributed by atoms with Crippen LogP contribution in [0.2, 0.25) is 0 Å². The Morgan fingerprint density at radius 2 is 1.94 bits per heavy atom. The number of pyridine rings is 1. The van der Waals surface area contributed by atoms with Crippen LogP contribution in [0.5, 0.6) is 0 Å². The molecule has 1 N–H and O–H groups in total. The van der Waals surface area contributed by atoms with Crippen molar-refractivity contribution in [2.24, 2.45) is 0 Å². The van der Waals surface area contributed by atoms with Crippen molar-refractivity contribution < 1.29 is 8.78 Å². The number of nitrogens with zero attached hydrogens (tertiary/aromatic N) is 1. The number of hydrogen-bond acceptors (Lipinski definition) is 2. The van der Waals surface area contributed by atoms with Crippen molar-refractivity contribution >= 4 is 37.7 Å². The Labute approximate surface area is 120 Å². The Kier molecular flexibility index (Phi) is 4.29. The van der Waals surface area contributed by atoms with Crippen LogP contribution in [0, 0.1) is 11.6 Å². The molecule has 0 radical (unpaired) electrons. The van der Waals surface area contributed by atoms with E-state index < -0.39 is 5.82 Å². The van der Waals surface area contributed by atoms with E-state index in [-0.39, 0.29) is 18.2 Å². The average Bonchev–Trinajstić information content (AvgIpc) is 2.32. The van der Waals surface area contributed by atoms with E-state index in [0.29, 0.717) is 10.0 Å². The van der Waals surface area contributed by atoms with E-state index in [4.69, 9.17) is 0 Å².